The van der Waals surface area contributed by atoms with Gasteiger partial charge in [0, 0.05) is 5.56 Å². The number of aliphatic carboxylic acids is 1. The number of carbonyl (C=O) groups excluding carboxylic acids is 1. The van der Waals surface area contributed by atoms with Crippen molar-refractivity contribution in [2.75, 3.05) is 20.3 Å². The molecule has 5 rings (SSSR count). The van der Waals surface area contributed by atoms with Gasteiger partial charge in [0.05, 0.1) is 29.5 Å². The molecule has 4 aromatic rings. The minimum atomic E-state index is -1.07. The molecule has 42 heavy (non-hydrogen) atoms. The fourth-order valence-corrected chi connectivity index (χ4v) is 6.11. The number of hydrogen-bond acceptors (Lipinski definition) is 8. The molecule has 1 atom stereocenters. The van der Waals surface area contributed by atoms with Crippen LogP contribution >= 0.6 is 11.3 Å². The van der Waals surface area contributed by atoms with Crippen LogP contribution in [0, 0.1) is 0 Å². The minimum absolute atomic E-state index is 0.178. The van der Waals surface area contributed by atoms with Gasteiger partial charge in [-0.3, -0.25) is 9.36 Å². The summed E-state index contributed by atoms with van der Waals surface area (Å²) in [6.07, 6.45) is 3.02. The summed E-state index contributed by atoms with van der Waals surface area (Å²) in [5.74, 6) is -0.634. The van der Waals surface area contributed by atoms with Crippen LogP contribution < -0.4 is 24.4 Å². The highest BCUT2D eigenvalue weighted by atomic mass is 32.1. The van der Waals surface area contributed by atoms with Crippen LogP contribution in [-0.4, -0.2) is 41.9 Å². The predicted molar refractivity (Wildman–Crippen MR) is 160 cm³/mol. The number of carboxylic acids is 1. The molecular weight excluding hydrogens is 556 g/mol. The molecule has 0 fully saturated rings. The minimum Gasteiger partial charge on any atom is -0.496 e. The Morgan fingerprint density at radius 2 is 1.83 bits per heavy atom. The number of esters is 1. The van der Waals surface area contributed by atoms with Gasteiger partial charge in [-0.25, -0.2) is 14.6 Å². The van der Waals surface area contributed by atoms with E-state index < -0.39 is 24.6 Å². The van der Waals surface area contributed by atoms with Crippen LogP contribution in [0.4, 0.5) is 0 Å². The van der Waals surface area contributed by atoms with Gasteiger partial charge in [0.15, 0.2) is 11.4 Å². The van der Waals surface area contributed by atoms with E-state index in [9.17, 15) is 14.4 Å². The van der Waals surface area contributed by atoms with Crippen molar-refractivity contribution in [2.45, 2.75) is 32.7 Å². The highest BCUT2D eigenvalue weighted by molar-refractivity contribution is 7.07. The Morgan fingerprint density at radius 3 is 2.52 bits per heavy atom. The van der Waals surface area contributed by atoms with Crippen LogP contribution in [0.3, 0.4) is 0 Å². The number of benzene rings is 3. The standard InChI is InChI=1S/C32H30N2O7S/c1-4-8-23-28(31(38)40-5-2)29(27-22-10-7-6-9-20(22)13-16-24(27)39-3)34-30(37)25(42-32(34)33-23)17-19-11-14-21(15-12-19)41-18-26(35)36/h6-7,9-17,29H,4-5,8,18H2,1-3H3,(H,35,36)/b25-17-/t29-/m1/s1. The molecular formula is C32H30N2O7S. The number of allylic oxidation sites excluding steroid dienone is 1. The molecule has 2 heterocycles. The fourth-order valence-electron chi connectivity index (χ4n) is 5.09. The van der Waals surface area contributed by atoms with E-state index in [1.54, 1.807) is 48.9 Å². The number of ether oxygens (including phenoxy) is 3. The molecule has 1 aromatic heterocycles. The summed E-state index contributed by atoms with van der Waals surface area (Å²) < 4.78 is 18.6. The van der Waals surface area contributed by atoms with E-state index in [1.807, 2.05) is 43.3 Å². The van der Waals surface area contributed by atoms with Gasteiger partial charge in [-0.15, -0.1) is 0 Å². The van der Waals surface area contributed by atoms with Gasteiger partial charge in [-0.05, 0) is 54.0 Å². The molecule has 3 aromatic carbocycles. The number of thiazole rings is 1. The SMILES string of the molecule is CCCC1=C(C(=O)OCC)[C@@H](c2c(OC)ccc3ccccc23)n2c(s/c(=C\c3ccc(OCC(=O)O)cc3)c2=O)=N1. The lowest BCUT2D eigenvalue weighted by Crippen LogP contribution is -2.40. The van der Waals surface area contributed by atoms with Gasteiger partial charge in [0.1, 0.15) is 17.5 Å². The van der Waals surface area contributed by atoms with E-state index >= 15 is 0 Å². The summed E-state index contributed by atoms with van der Waals surface area (Å²) in [6, 6.07) is 17.5. The van der Waals surface area contributed by atoms with Crippen molar-refractivity contribution in [1.82, 2.24) is 4.57 Å². The normalized spacial score (nSPS) is 14.8. The first-order valence-electron chi connectivity index (χ1n) is 13.6. The molecule has 1 N–H and O–H groups in total. The topological polar surface area (TPSA) is 116 Å². The van der Waals surface area contributed by atoms with Crippen LogP contribution in [0.5, 0.6) is 11.5 Å². The molecule has 216 valence electrons. The van der Waals surface area contributed by atoms with Gasteiger partial charge in [-0.1, -0.05) is 67.1 Å². The molecule has 0 saturated heterocycles. The van der Waals surface area contributed by atoms with E-state index in [0.717, 1.165) is 22.8 Å². The van der Waals surface area contributed by atoms with Crippen LogP contribution in [0.15, 0.2) is 81.7 Å². The molecule has 0 unspecified atom stereocenters. The van der Waals surface area contributed by atoms with E-state index in [-0.39, 0.29) is 12.2 Å². The van der Waals surface area contributed by atoms with Crippen molar-refractivity contribution in [3.05, 3.63) is 103 Å². The Morgan fingerprint density at radius 1 is 1.07 bits per heavy atom. The summed E-state index contributed by atoms with van der Waals surface area (Å²) in [4.78, 5) is 43.9. The van der Waals surface area contributed by atoms with Crippen molar-refractivity contribution < 1.29 is 28.9 Å². The van der Waals surface area contributed by atoms with Crippen molar-refractivity contribution in [3.63, 3.8) is 0 Å². The van der Waals surface area contributed by atoms with E-state index in [0.29, 0.717) is 44.1 Å². The van der Waals surface area contributed by atoms with Crippen molar-refractivity contribution in [2.24, 2.45) is 4.99 Å². The smallest absolute Gasteiger partial charge is 0.341 e. The molecule has 10 heteroatoms. The summed E-state index contributed by atoms with van der Waals surface area (Å²) in [5.41, 5.74) is 2.02. The Labute approximate surface area is 245 Å². The average molecular weight is 587 g/mol. The molecule has 1 aliphatic heterocycles. The molecule has 9 nitrogen and oxygen atoms in total. The maximum absolute atomic E-state index is 14.1. The summed E-state index contributed by atoms with van der Waals surface area (Å²) in [6.45, 7) is 3.49. The van der Waals surface area contributed by atoms with Gasteiger partial charge in [0.2, 0.25) is 0 Å². The third-order valence-corrected chi connectivity index (χ3v) is 7.84. The van der Waals surface area contributed by atoms with Gasteiger partial charge < -0.3 is 19.3 Å². The number of nitrogens with zero attached hydrogens (tertiary/aromatic N) is 2. The number of rotatable bonds is 10. The maximum atomic E-state index is 14.1. The zero-order valence-electron chi connectivity index (χ0n) is 23.5. The Hall–Kier alpha value is -4.70. The highest BCUT2D eigenvalue weighted by Crippen LogP contribution is 2.41. The second-order valence-electron chi connectivity index (χ2n) is 9.57. The summed E-state index contributed by atoms with van der Waals surface area (Å²) in [5, 5.41) is 10.6. The number of carboxylic acid groups (broad SMARTS) is 1. The first-order chi connectivity index (χ1) is 20.4. The Kier molecular flexibility index (Phi) is 8.53. The number of hydrogen-bond donors (Lipinski definition) is 1. The van der Waals surface area contributed by atoms with Crippen LogP contribution in [0.1, 0.15) is 43.9 Å². The van der Waals surface area contributed by atoms with Crippen molar-refractivity contribution in [1.29, 1.82) is 0 Å². The van der Waals surface area contributed by atoms with E-state index in [4.69, 9.17) is 24.3 Å². The van der Waals surface area contributed by atoms with Crippen LogP contribution in [0.2, 0.25) is 0 Å². The lowest BCUT2D eigenvalue weighted by molar-refractivity contribution is -0.140. The Bertz CT molecular complexity index is 1870. The summed E-state index contributed by atoms with van der Waals surface area (Å²) in [7, 11) is 1.57. The second-order valence-corrected chi connectivity index (χ2v) is 10.6. The largest absolute Gasteiger partial charge is 0.496 e. The molecule has 0 aliphatic carbocycles. The first kappa shape index (κ1) is 28.8. The third kappa shape index (κ3) is 5.58. The summed E-state index contributed by atoms with van der Waals surface area (Å²) >= 11 is 1.24. The van der Waals surface area contributed by atoms with Gasteiger partial charge in [-0.2, -0.15) is 0 Å². The zero-order chi connectivity index (χ0) is 29.8. The highest BCUT2D eigenvalue weighted by Gasteiger charge is 2.37. The molecule has 1 aliphatic rings. The van der Waals surface area contributed by atoms with E-state index in [2.05, 4.69) is 0 Å². The number of methoxy groups -OCH3 is 1. The quantitative estimate of drug-likeness (QED) is 0.277. The maximum Gasteiger partial charge on any atom is 0.341 e. The number of aromatic nitrogens is 1. The lowest BCUT2D eigenvalue weighted by Gasteiger charge is -2.28. The zero-order valence-corrected chi connectivity index (χ0v) is 24.3. The Balaban J connectivity index is 1.75. The molecule has 0 bridgehead atoms. The van der Waals surface area contributed by atoms with Crippen molar-refractivity contribution >= 4 is 40.1 Å². The van der Waals surface area contributed by atoms with Gasteiger partial charge in [0.25, 0.3) is 5.56 Å². The predicted octanol–water partition coefficient (Wildman–Crippen LogP) is 4.20. The number of carbonyl (C=O) groups is 2. The molecule has 0 radical (unpaired) electrons. The first-order valence-corrected chi connectivity index (χ1v) is 14.4. The third-order valence-electron chi connectivity index (χ3n) is 6.86. The lowest BCUT2D eigenvalue weighted by atomic mass is 9.90. The van der Waals surface area contributed by atoms with Crippen molar-refractivity contribution in [3.8, 4) is 11.5 Å². The molecule has 0 spiro atoms. The monoisotopic (exact) mass is 586 g/mol. The van der Waals surface area contributed by atoms with Gasteiger partial charge >= 0.3 is 11.9 Å². The fraction of sp³-hybridized carbons (Fsp3) is 0.250. The molecule has 0 amide bonds. The van der Waals surface area contributed by atoms with Crippen LogP contribution in [-0.2, 0) is 14.3 Å². The van der Waals surface area contributed by atoms with Crippen LogP contribution in [0.25, 0.3) is 16.8 Å². The number of fused-ring (bicyclic) bond motifs is 2. The average Bonchev–Trinajstić information content (AvgIpc) is 3.29. The molecule has 0 saturated carbocycles. The van der Waals surface area contributed by atoms with E-state index in [1.165, 1.54) is 11.3 Å². The second kappa shape index (κ2) is 12.4.